The summed E-state index contributed by atoms with van der Waals surface area (Å²) in [6, 6.07) is 17.8. The fraction of sp³-hybridized carbons (Fsp3) is 0.133. The zero-order valence-corrected chi connectivity index (χ0v) is 10.8. The van der Waals surface area contributed by atoms with Gasteiger partial charge in [0.05, 0.1) is 12.2 Å². The van der Waals surface area contributed by atoms with Crippen LogP contribution in [0.2, 0.25) is 0 Å². The van der Waals surface area contributed by atoms with E-state index < -0.39 is 0 Å². The summed E-state index contributed by atoms with van der Waals surface area (Å²) in [5, 5.41) is 0. The first kappa shape index (κ1) is 12.6. The second-order valence-corrected chi connectivity index (χ2v) is 4.38. The summed E-state index contributed by atoms with van der Waals surface area (Å²) in [5.74, 6) is 0.751. The molecule has 2 nitrogen and oxygen atoms in total. The highest BCUT2D eigenvalue weighted by molar-refractivity contribution is 7.80. The lowest BCUT2D eigenvalue weighted by molar-refractivity contribution is 0.321. The van der Waals surface area contributed by atoms with Crippen LogP contribution in [0, 0.1) is 0 Å². The molecule has 0 unspecified atom stereocenters. The normalized spacial score (nSPS) is 10.0. The molecule has 0 fully saturated rings. The molecule has 0 heterocycles. The maximum atomic E-state index is 5.73. The number of para-hydroxylation sites is 1. The Morgan fingerprint density at radius 2 is 1.67 bits per heavy atom. The Morgan fingerprint density at radius 1 is 1.00 bits per heavy atom. The van der Waals surface area contributed by atoms with Gasteiger partial charge in [-0.15, -0.1) is 0 Å². The Labute approximate surface area is 112 Å². The minimum atomic E-state index is 0.366. The summed E-state index contributed by atoms with van der Waals surface area (Å²) >= 11 is 4.99. The molecule has 0 bridgehead atoms. The summed E-state index contributed by atoms with van der Waals surface area (Å²) in [6.07, 6.45) is 0.868. The molecule has 3 heteroatoms. The number of rotatable bonds is 5. The first-order chi connectivity index (χ1) is 8.77. The first-order valence-corrected chi connectivity index (χ1v) is 6.24. The number of hydrogen-bond acceptors (Lipinski definition) is 2. The zero-order valence-electron chi connectivity index (χ0n) is 10.0. The topological polar surface area (TPSA) is 35.2 Å². The van der Waals surface area contributed by atoms with Crippen molar-refractivity contribution in [1.29, 1.82) is 0 Å². The Morgan fingerprint density at radius 3 is 2.39 bits per heavy atom. The van der Waals surface area contributed by atoms with E-state index in [9.17, 15) is 0 Å². The van der Waals surface area contributed by atoms with E-state index in [1.165, 1.54) is 5.56 Å². The predicted molar refractivity (Wildman–Crippen MR) is 78.0 cm³/mol. The van der Waals surface area contributed by atoms with Gasteiger partial charge in [-0.1, -0.05) is 54.7 Å². The van der Waals surface area contributed by atoms with E-state index in [0.29, 0.717) is 11.6 Å². The lowest BCUT2D eigenvalue weighted by Crippen LogP contribution is -2.12. The molecule has 0 aliphatic carbocycles. The van der Waals surface area contributed by atoms with Crippen molar-refractivity contribution in [1.82, 2.24) is 0 Å². The maximum Gasteiger partial charge on any atom is 0.129 e. The summed E-state index contributed by atoms with van der Waals surface area (Å²) in [4.78, 5) is 0.366. The molecule has 0 spiro atoms. The van der Waals surface area contributed by atoms with Gasteiger partial charge in [0.2, 0.25) is 0 Å². The van der Waals surface area contributed by atoms with Gasteiger partial charge in [-0.05, 0) is 17.7 Å². The number of hydrogen-bond donors (Lipinski definition) is 1. The van der Waals surface area contributed by atoms with Crippen LogP contribution in [0.1, 0.15) is 11.1 Å². The van der Waals surface area contributed by atoms with Crippen molar-refractivity contribution in [3.8, 4) is 5.75 Å². The lowest BCUT2D eigenvalue weighted by atomic mass is 10.1. The molecule has 0 radical (unpaired) electrons. The number of thiocarbonyl (C=S) groups is 1. The van der Waals surface area contributed by atoms with E-state index in [2.05, 4.69) is 12.1 Å². The molecular formula is C15H15NOS. The Kier molecular flexibility index (Phi) is 4.31. The van der Waals surface area contributed by atoms with E-state index in [0.717, 1.165) is 17.7 Å². The lowest BCUT2D eigenvalue weighted by Gasteiger charge is -2.10. The second kappa shape index (κ2) is 6.17. The van der Waals surface area contributed by atoms with E-state index >= 15 is 0 Å². The molecule has 0 saturated heterocycles. The van der Waals surface area contributed by atoms with Crippen LogP contribution in [-0.4, -0.2) is 11.6 Å². The number of ether oxygens (including phenoxy) is 1. The van der Waals surface area contributed by atoms with Gasteiger partial charge in [0.15, 0.2) is 0 Å². The standard InChI is InChI=1S/C15H15NOS/c16-15(18)13-8-4-5-9-14(13)17-11-10-12-6-2-1-3-7-12/h1-9H,10-11H2,(H2,16,18). The number of nitrogens with two attached hydrogens (primary N) is 1. The third-order valence-corrected chi connectivity index (χ3v) is 2.86. The first-order valence-electron chi connectivity index (χ1n) is 5.83. The molecule has 2 aromatic rings. The average Bonchev–Trinajstić information content (AvgIpc) is 2.40. The summed E-state index contributed by atoms with van der Waals surface area (Å²) in [6.45, 7) is 0.615. The predicted octanol–water partition coefficient (Wildman–Crippen LogP) is 2.94. The van der Waals surface area contributed by atoms with Crippen molar-refractivity contribution in [2.24, 2.45) is 5.73 Å². The van der Waals surface area contributed by atoms with Crippen LogP contribution in [0.15, 0.2) is 54.6 Å². The molecule has 0 aromatic heterocycles. The van der Waals surface area contributed by atoms with Crippen LogP contribution in [0.5, 0.6) is 5.75 Å². The Hall–Kier alpha value is -1.87. The largest absolute Gasteiger partial charge is 0.493 e. The monoisotopic (exact) mass is 257 g/mol. The second-order valence-electron chi connectivity index (χ2n) is 3.94. The third-order valence-electron chi connectivity index (χ3n) is 2.64. The van der Waals surface area contributed by atoms with Crippen LogP contribution in [0.4, 0.5) is 0 Å². The highest BCUT2D eigenvalue weighted by Gasteiger charge is 2.04. The molecule has 18 heavy (non-hydrogen) atoms. The van der Waals surface area contributed by atoms with Crippen molar-refractivity contribution in [3.63, 3.8) is 0 Å². The molecule has 0 saturated carbocycles. The molecule has 0 atom stereocenters. The van der Waals surface area contributed by atoms with Crippen LogP contribution >= 0.6 is 12.2 Å². The van der Waals surface area contributed by atoms with Crippen molar-refractivity contribution in [2.75, 3.05) is 6.61 Å². The van der Waals surface area contributed by atoms with E-state index in [1.807, 2.05) is 42.5 Å². The van der Waals surface area contributed by atoms with Crippen LogP contribution in [0.3, 0.4) is 0 Å². The average molecular weight is 257 g/mol. The molecule has 0 aliphatic rings. The SMILES string of the molecule is NC(=S)c1ccccc1OCCc1ccccc1. The molecule has 92 valence electrons. The summed E-state index contributed by atoms with van der Waals surface area (Å²) < 4.78 is 5.73. The smallest absolute Gasteiger partial charge is 0.129 e. The van der Waals surface area contributed by atoms with Gasteiger partial charge in [-0.2, -0.15) is 0 Å². The van der Waals surface area contributed by atoms with Gasteiger partial charge < -0.3 is 10.5 Å². The molecule has 0 amide bonds. The molecule has 0 aliphatic heterocycles. The third kappa shape index (κ3) is 3.31. The Balaban J connectivity index is 1.97. The summed E-state index contributed by atoms with van der Waals surface area (Å²) in [5.41, 5.74) is 7.70. The van der Waals surface area contributed by atoms with Crippen LogP contribution in [-0.2, 0) is 6.42 Å². The zero-order chi connectivity index (χ0) is 12.8. The van der Waals surface area contributed by atoms with Crippen molar-refractivity contribution < 1.29 is 4.74 Å². The summed E-state index contributed by atoms with van der Waals surface area (Å²) in [7, 11) is 0. The molecular weight excluding hydrogens is 242 g/mol. The van der Waals surface area contributed by atoms with E-state index in [-0.39, 0.29) is 0 Å². The molecule has 2 aromatic carbocycles. The highest BCUT2D eigenvalue weighted by Crippen LogP contribution is 2.17. The van der Waals surface area contributed by atoms with Gasteiger partial charge in [-0.3, -0.25) is 0 Å². The quantitative estimate of drug-likeness (QED) is 0.836. The minimum absolute atomic E-state index is 0.366. The van der Waals surface area contributed by atoms with Crippen molar-refractivity contribution >= 4 is 17.2 Å². The van der Waals surface area contributed by atoms with E-state index in [4.69, 9.17) is 22.7 Å². The van der Waals surface area contributed by atoms with Crippen molar-refractivity contribution in [2.45, 2.75) is 6.42 Å². The maximum absolute atomic E-state index is 5.73. The van der Waals surface area contributed by atoms with Crippen LogP contribution in [0.25, 0.3) is 0 Å². The molecule has 2 rings (SSSR count). The number of benzene rings is 2. The molecule has 2 N–H and O–H groups in total. The van der Waals surface area contributed by atoms with Crippen LogP contribution < -0.4 is 10.5 Å². The fourth-order valence-corrected chi connectivity index (χ4v) is 1.89. The van der Waals surface area contributed by atoms with E-state index in [1.54, 1.807) is 0 Å². The van der Waals surface area contributed by atoms with Gasteiger partial charge in [-0.25, -0.2) is 0 Å². The highest BCUT2D eigenvalue weighted by atomic mass is 32.1. The van der Waals surface area contributed by atoms with Gasteiger partial charge in [0, 0.05) is 6.42 Å². The fourth-order valence-electron chi connectivity index (χ4n) is 1.72. The van der Waals surface area contributed by atoms with Gasteiger partial charge in [0.25, 0.3) is 0 Å². The van der Waals surface area contributed by atoms with Gasteiger partial charge >= 0.3 is 0 Å². The van der Waals surface area contributed by atoms with Gasteiger partial charge in [0.1, 0.15) is 10.7 Å². The van der Waals surface area contributed by atoms with Crippen molar-refractivity contribution in [3.05, 3.63) is 65.7 Å². The minimum Gasteiger partial charge on any atom is -0.493 e. The Bertz CT molecular complexity index is 525.